The lowest BCUT2D eigenvalue weighted by Gasteiger charge is -2.25. The first-order valence-electron chi connectivity index (χ1n) is 5.21. The Balaban J connectivity index is 2.38. The van der Waals surface area contributed by atoms with Crippen LogP contribution in [0.25, 0.3) is 0 Å². The lowest BCUT2D eigenvalue weighted by molar-refractivity contribution is -0.118. The molecule has 3 nitrogen and oxygen atoms in total. The molecule has 4 heteroatoms. The van der Waals surface area contributed by atoms with Gasteiger partial charge < -0.3 is 10.1 Å². The zero-order valence-electron chi connectivity index (χ0n) is 9.41. The molecule has 0 aromatic heterocycles. The molecule has 0 atom stereocenters. The van der Waals surface area contributed by atoms with E-state index in [4.69, 9.17) is 4.74 Å². The molecule has 1 aromatic rings. The minimum absolute atomic E-state index is 0.0136. The Labute approximate surface area is 101 Å². The van der Waals surface area contributed by atoms with Crippen LogP contribution >= 0.6 is 12.6 Å². The molecule has 0 bridgehead atoms. The molecular formula is C12H15NO2S. The molecule has 0 fully saturated rings. The van der Waals surface area contributed by atoms with Gasteiger partial charge in [-0.15, -0.1) is 0 Å². The monoisotopic (exact) mass is 237 g/mol. The highest BCUT2D eigenvalue weighted by atomic mass is 32.1. The molecule has 1 N–H and O–H groups in total. The first kappa shape index (κ1) is 11.3. The van der Waals surface area contributed by atoms with Crippen molar-refractivity contribution < 1.29 is 9.53 Å². The summed E-state index contributed by atoms with van der Waals surface area (Å²) >= 11 is 4.34. The zero-order chi connectivity index (χ0) is 11.8. The third-order valence-electron chi connectivity index (χ3n) is 2.79. The largest absolute Gasteiger partial charge is 0.482 e. The van der Waals surface area contributed by atoms with Gasteiger partial charge in [0.25, 0.3) is 5.91 Å². The highest BCUT2D eigenvalue weighted by Crippen LogP contribution is 2.33. The summed E-state index contributed by atoms with van der Waals surface area (Å²) in [6.07, 6.45) is 0. The molecule has 1 aliphatic rings. The molecule has 0 radical (unpaired) electrons. The first-order valence-corrected chi connectivity index (χ1v) is 5.84. The Bertz CT molecular complexity index is 429. The number of thiol groups is 1. The van der Waals surface area contributed by atoms with Crippen LogP contribution in [0.3, 0.4) is 0 Å². The summed E-state index contributed by atoms with van der Waals surface area (Å²) in [4.78, 5) is 11.2. The summed E-state index contributed by atoms with van der Waals surface area (Å²) in [7, 11) is 0. The number of ether oxygens (including phenoxy) is 1. The van der Waals surface area contributed by atoms with Gasteiger partial charge in [-0.1, -0.05) is 19.9 Å². The molecule has 1 aliphatic heterocycles. The van der Waals surface area contributed by atoms with Crippen LogP contribution in [0.4, 0.5) is 5.69 Å². The lowest BCUT2D eigenvalue weighted by Crippen LogP contribution is -2.26. The summed E-state index contributed by atoms with van der Waals surface area (Å²) in [6, 6.07) is 5.88. The predicted octanol–water partition coefficient (Wildman–Crippen LogP) is 2.22. The van der Waals surface area contributed by atoms with Gasteiger partial charge >= 0.3 is 0 Å². The normalized spacial score (nSPS) is 15.1. The van der Waals surface area contributed by atoms with E-state index in [1.54, 1.807) is 0 Å². The average Bonchev–Trinajstić information content (AvgIpc) is 2.28. The SMILES string of the molecule is CC(C)(CS)c1ccc2c(c1)NC(=O)CO2. The molecule has 86 valence electrons. The van der Waals surface area contributed by atoms with E-state index in [2.05, 4.69) is 31.8 Å². The van der Waals surface area contributed by atoms with Gasteiger partial charge in [0.2, 0.25) is 0 Å². The van der Waals surface area contributed by atoms with Gasteiger partial charge in [-0.2, -0.15) is 12.6 Å². The number of carbonyl (C=O) groups is 1. The average molecular weight is 237 g/mol. The van der Waals surface area contributed by atoms with E-state index in [9.17, 15) is 4.79 Å². The second-order valence-corrected chi connectivity index (χ2v) is 4.91. The van der Waals surface area contributed by atoms with Crippen LogP contribution in [0, 0.1) is 0 Å². The first-order chi connectivity index (χ1) is 7.53. The number of carbonyl (C=O) groups excluding carboxylic acids is 1. The number of hydrogen-bond donors (Lipinski definition) is 2. The molecule has 0 saturated carbocycles. The van der Waals surface area contributed by atoms with Gasteiger partial charge in [-0.3, -0.25) is 4.79 Å². The summed E-state index contributed by atoms with van der Waals surface area (Å²) in [5, 5.41) is 2.81. The van der Waals surface area contributed by atoms with Crippen molar-refractivity contribution in [2.45, 2.75) is 19.3 Å². The summed E-state index contributed by atoms with van der Waals surface area (Å²) in [6.45, 7) is 4.34. The summed E-state index contributed by atoms with van der Waals surface area (Å²) in [5.74, 6) is 1.38. The van der Waals surface area contributed by atoms with E-state index in [0.717, 1.165) is 22.8 Å². The van der Waals surface area contributed by atoms with E-state index in [1.165, 1.54) is 0 Å². The van der Waals surface area contributed by atoms with Crippen LogP contribution in [0.5, 0.6) is 5.75 Å². The van der Waals surface area contributed by atoms with Gasteiger partial charge in [0, 0.05) is 0 Å². The van der Waals surface area contributed by atoms with Gasteiger partial charge in [0.1, 0.15) is 5.75 Å². The molecule has 1 aromatic carbocycles. The Morgan fingerprint density at radius 3 is 2.94 bits per heavy atom. The number of amides is 1. The maximum atomic E-state index is 11.2. The third kappa shape index (κ3) is 2.02. The summed E-state index contributed by atoms with van der Waals surface area (Å²) < 4.78 is 5.31. The van der Waals surface area contributed by atoms with E-state index >= 15 is 0 Å². The van der Waals surface area contributed by atoms with Crippen molar-refractivity contribution in [3.05, 3.63) is 23.8 Å². The van der Waals surface area contributed by atoms with Crippen LogP contribution < -0.4 is 10.1 Å². The number of nitrogens with one attached hydrogen (secondary N) is 1. The highest BCUT2D eigenvalue weighted by molar-refractivity contribution is 7.80. The third-order valence-corrected chi connectivity index (χ3v) is 3.58. The Hall–Kier alpha value is -1.16. The topological polar surface area (TPSA) is 38.3 Å². The number of fused-ring (bicyclic) bond motifs is 1. The highest BCUT2D eigenvalue weighted by Gasteiger charge is 2.22. The maximum Gasteiger partial charge on any atom is 0.262 e. The molecule has 16 heavy (non-hydrogen) atoms. The zero-order valence-corrected chi connectivity index (χ0v) is 10.3. The smallest absolute Gasteiger partial charge is 0.262 e. The van der Waals surface area contributed by atoms with Gasteiger partial charge in [0.05, 0.1) is 5.69 Å². The molecular weight excluding hydrogens is 222 g/mol. The fourth-order valence-electron chi connectivity index (χ4n) is 1.60. The Morgan fingerprint density at radius 1 is 1.50 bits per heavy atom. The van der Waals surface area contributed by atoms with Crippen molar-refractivity contribution in [3.8, 4) is 5.75 Å². The second-order valence-electron chi connectivity index (χ2n) is 4.59. The molecule has 0 spiro atoms. The lowest BCUT2D eigenvalue weighted by atomic mass is 9.86. The number of rotatable bonds is 2. The quantitative estimate of drug-likeness (QED) is 0.774. The fourth-order valence-corrected chi connectivity index (χ4v) is 1.78. The standard InChI is InChI=1S/C12H15NO2S/c1-12(2,7-16)8-3-4-10-9(5-8)13-11(14)6-15-10/h3-5,16H,6-7H2,1-2H3,(H,13,14). The van der Waals surface area contributed by atoms with E-state index in [0.29, 0.717) is 0 Å². The minimum Gasteiger partial charge on any atom is -0.482 e. The number of benzene rings is 1. The molecule has 1 heterocycles. The van der Waals surface area contributed by atoms with Crippen LogP contribution in [-0.2, 0) is 10.2 Å². The molecule has 1 amide bonds. The van der Waals surface area contributed by atoms with Crippen LogP contribution in [0.1, 0.15) is 19.4 Å². The van der Waals surface area contributed by atoms with Gasteiger partial charge in [-0.05, 0) is 28.9 Å². The number of anilines is 1. The van der Waals surface area contributed by atoms with Crippen molar-refractivity contribution in [1.82, 2.24) is 0 Å². The molecule has 0 aliphatic carbocycles. The Morgan fingerprint density at radius 2 is 2.25 bits per heavy atom. The van der Waals surface area contributed by atoms with Gasteiger partial charge in [0.15, 0.2) is 6.61 Å². The predicted molar refractivity (Wildman–Crippen MR) is 67.4 cm³/mol. The summed E-state index contributed by atoms with van der Waals surface area (Å²) in [5.41, 5.74) is 1.89. The van der Waals surface area contributed by atoms with Crippen molar-refractivity contribution in [2.24, 2.45) is 0 Å². The van der Waals surface area contributed by atoms with E-state index in [-0.39, 0.29) is 17.9 Å². The Kier molecular flexibility index (Phi) is 2.84. The molecule has 2 rings (SSSR count). The van der Waals surface area contributed by atoms with Gasteiger partial charge in [-0.25, -0.2) is 0 Å². The minimum atomic E-state index is -0.103. The van der Waals surface area contributed by atoms with E-state index in [1.807, 2.05) is 18.2 Å². The van der Waals surface area contributed by atoms with Crippen molar-refractivity contribution in [1.29, 1.82) is 0 Å². The number of hydrogen-bond acceptors (Lipinski definition) is 3. The van der Waals surface area contributed by atoms with Crippen molar-refractivity contribution in [3.63, 3.8) is 0 Å². The second kappa shape index (κ2) is 4.01. The molecule has 0 saturated heterocycles. The van der Waals surface area contributed by atoms with Crippen molar-refractivity contribution in [2.75, 3.05) is 17.7 Å². The van der Waals surface area contributed by atoms with Crippen LogP contribution in [0.2, 0.25) is 0 Å². The maximum absolute atomic E-state index is 11.2. The van der Waals surface area contributed by atoms with E-state index < -0.39 is 0 Å². The fraction of sp³-hybridized carbons (Fsp3) is 0.417. The molecule has 0 unspecified atom stereocenters. The van der Waals surface area contributed by atoms with Crippen LogP contribution in [0.15, 0.2) is 18.2 Å². The van der Waals surface area contributed by atoms with Crippen LogP contribution in [-0.4, -0.2) is 18.3 Å². The van der Waals surface area contributed by atoms with Crippen molar-refractivity contribution >= 4 is 24.2 Å².